The molecule has 0 radical (unpaired) electrons. The third kappa shape index (κ3) is 7.87. The molecule has 0 bridgehead atoms. The summed E-state index contributed by atoms with van der Waals surface area (Å²) in [7, 11) is -0.580. The number of amides is 1. The second kappa shape index (κ2) is 13.6. The number of carbonyl (C=O) groups excluding carboxylic acids is 1. The summed E-state index contributed by atoms with van der Waals surface area (Å²) >= 11 is 0. The number of methoxy groups -OCH3 is 1. The minimum atomic E-state index is -2.15. The highest BCUT2D eigenvalue weighted by atomic mass is 28.4. The molecule has 1 atom stereocenters. The van der Waals surface area contributed by atoms with E-state index in [1.807, 2.05) is 26.8 Å². The molecule has 5 rings (SSSR count). The smallest absolute Gasteiger partial charge is 0.414 e. The number of rotatable bonds is 8. The number of nitrogens with zero attached hydrogens (tertiary/aromatic N) is 6. The van der Waals surface area contributed by atoms with Crippen LogP contribution < -0.4 is 15.0 Å². The van der Waals surface area contributed by atoms with Gasteiger partial charge in [0.05, 0.1) is 30.3 Å². The van der Waals surface area contributed by atoms with Crippen LogP contribution in [-0.2, 0) is 19.3 Å². The van der Waals surface area contributed by atoms with Gasteiger partial charge < -0.3 is 24.0 Å². The van der Waals surface area contributed by atoms with Crippen LogP contribution in [-0.4, -0.2) is 73.4 Å². The predicted octanol–water partition coefficient (Wildman–Crippen LogP) is 7.49. The van der Waals surface area contributed by atoms with Crippen molar-refractivity contribution >= 4 is 31.7 Å². The van der Waals surface area contributed by atoms with E-state index in [-0.39, 0.29) is 11.0 Å². The summed E-state index contributed by atoms with van der Waals surface area (Å²) in [5, 5.41) is 13.6. The molecule has 3 aromatic rings. The van der Waals surface area contributed by atoms with Crippen molar-refractivity contribution in [3.05, 3.63) is 47.5 Å². The monoisotopic (exact) mass is 687 g/mol. The number of anilines is 3. The Labute approximate surface area is 290 Å². The summed E-state index contributed by atoms with van der Waals surface area (Å²) in [6.45, 7) is 20.7. The van der Waals surface area contributed by atoms with Gasteiger partial charge in [0.15, 0.2) is 8.32 Å². The van der Waals surface area contributed by atoms with E-state index < -0.39 is 25.4 Å². The molecule has 1 amide bonds. The number of ether oxygens (including phenoxy) is 3. The molecule has 2 aliphatic heterocycles. The summed E-state index contributed by atoms with van der Waals surface area (Å²) in [4.78, 5) is 33.7. The maximum absolute atomic E-state index is 13.6. The number of benzene rings is 1. The lowest BCUT2D eigenvalue weighted by atomic mass is 9.83. The number of nitriles is 1. The van der Waals surface area contributed by atoms with Crippen LogP contribution in [0.3, 0.4) is 0 Å². The Morgan fingerprint density at radius 1 is 1.14 bits per heavy atom. The van der Waals surface area contributed by atoms with Crippen LogP contribution >= 0.6 is 0 Å². The molecule has 0 unspecified atom stereocenters. The van der Waals surface area contributed by atoms with Crippen LogP contribution in [0.4, 0.5) is 22.1 Å². The molecule has 1 aromatic carbocycles. The SMILES string of the molecule is COc1nc(C2CCOCC2)ncc1Nc1nccc(-c2cc(C#N)c3c(c2)[C@@](C)(CO[Si](C)(C)C(C)(C)C)CN3C(=O)OC(C)(C)C)n1. The molecule has 0 saturated carbocycles. The molecular weight excluding hydrogens is 639 g/mol. The minimum absolute atomic E-state index is 0.00144. The van der Waals surface area contributed by atoms with Crippen molar-refractivity contribution in [2.24, 2.45) is 0 Å². The average molecular weight is 688 g/mol. The Morgan fingerprint density at radius 3 is 2.49 bits per heavy atom. The highest BCUT2D eigenvalue weighted by Gasteiger charge is 2.47. The summed E-state index contributed by atoms with van der Waals surface area (Å²) < 4.78 is 23.7. The van der Waals surface area contributed by atoms with Gasteiger partial charge in [-0.3, -0.25) is 4.90 Å². The van der Waals surface area contributed by atoms with Crippen molar-refractivity contribution in [1.29, 1.82) is 5.26 Å². The van der Waals surface area contributed by atoms with Crippen LogP contribution in [0.5, 0.6) is 5.88 Å². The second-order valence-electron chi connectivity index (χ2n) is 15.6. The first-order valence-corrected chi connectivity index (χ1v) is 19.7. The molecule has 13 heteroatoms. The van der Waals surface area contributed by atoms with E-state index in [9.17, 15) is 10.1 Å². The van der Waals surface area contributed by atoms with Gasteiger partial charge in [0.2, 0.25) is 11.8 Å². The largest absolute Gasteiger partial charge is 0.479 e. The van der Waals surface area contributed by atoms with E-state index >= 15 is 0 Å². The first-order chi connectivity index (χ1) is 22.9. The zero-order chi connectivity index (χ0) is 35.8. The molecule has 12 nitrogen and oxygen atoms in total. The minimum Gasteiger partial charge on any atom is -0.479 e. The maximum Gasteiger partial charge on any atom is 0.414 e. The van der Waals surface area contributed by atoms with Crippen LogP contribution in [0.1, 0.15) is 84.2 Å². The lowest BCUT2D eigenvalue weighted by Crippen LogP contribution is -2.46. The fourth-order valence-electron chi connectivity index (χ4n) is 5.76. The van der Waals surface area contributed by atoms with Gasteiger partial charge in [0.1, 0.15) is 23.2 Å². The third-order valence-electron chi connectivity index (χ3n) is 9.58. The van der Waals surface area contributed by atoms with Gasteiger partial charge in [-0.2, -0.15) is 10.2 Å². The van der Waals surface area contributed by atoms with Crippen LogP contribution in [0.15, 0.2) is 30.6 Å². The number of aromatic nitrogens is 4. The number of fused-ring (bicyclic) bond motifs is 1. The van der Waals surface area contributed by atoms with E-state index in [0.717, 1.165) is 24.2 Å². The Hall–Kier alpha value is -4.12. The molecular formula is C36H49N7O5Si. The highest BCUT2D eigenvalue weighted by molar-refractivity contribution is 6.74. The Kier molecular flexibility index (Phi) is 10.1. The molecule has 1 N–H and O–H groups in total. The van der Waals surface area contributed by atoms with Gasteiger partial charge in [0.25, 0.3) is 0 Å². The Balaban J connectivity index is 1.51. The molecule has 0 aliphatic carbocycles. The molecule has 262 valence electrons. The van der Waals surface area contributed by atoms with E-state index in [1.165, 1.54) is 0 Å². The van der Waals surface area contributed by atoms with Gasteiger partial charge in [-0.1, -0.05) is 27.7 Å². The van der Waals surface area contributed by atoms with Crippen LogP contribution in [0, 0.1) is 11.3 Å². The quantitative estimate of drug-likeness (QED) is 0.235. The topological polar surface area (TPSA) is 145 Å². The Bertz CT molecular complexity index is 1740. The van der Waals surface area contributed by atoms with Crippen molar-refractivity contribution in [3.63, 3.8) is 0 Å². The third-order valence-corrected chi connectivity index (χ3v) is 14.1. The summed E-state index contributed by atoms with van der Waals surface area (Å²) in [6.07, 6.45) is 4.57. The molecule has 4 heterocycles. The van der Waals surface area contributed by atoms with Gasteiger partial charge in [-0.05, 0) is 75.5 Å². The predicted molar refractivity (Wildman–Crippen MR) is 191 cm³/mol. The van der Waals surface area contributed by atoms with E-state index in [1.54, 1.807) is 36.5 Å². The zero-order valence-electron chi connectivity index (χ0n) is 30.4. The first kappa shape index (κ1) is 36.2. The number of hydrogen-bond donors (Lipinski definition) is 1. The fourth-order valence-corrected chi connectivity index (χ4v) is 6.87. The zero-order valence-corrected chi connectivity index (χ0v) is 31.4. The first-order valence-electron chi connectivity index (χ1n) is 16.8. The van der Waals surface area contributed by atoms with Gasteiger partial charge in [0, 0.05) is 49.5 Å². The van der Waals surface area contributed by atoms with E-state index in [0.29, 0.717) is 66.4 Å². The van der Waals surface area contributed by atoms with Crippen LogP contribution in [0.2, 0.25) is 18.1 Å². The normalized spacial score (nSPS) is 18.5. The van der Waals surface area contributed by atoms with E-state index in [2.05, 4.69) is 67.1 Å². The fraction of sp³-hybridized carbons (Fsp3) is 0.556. The number of hydrogen-bond acceptors (Lipinski definition) is 11. The molecule has 1 fully saturated rings. The van der Waals surface area contributed by atoms with Gasteiger partial charge in [-0.25, -0.2) is 19.7 Å². The van der Waals surface area contributed by atoms with Gasteiger partial charge >= 0.3 is 6.09 Å². The number of nitrogens with one attached hydrogen (secondary N) is 1. The highest BCUT2D eigenvalue weighted by Crippen LogP contribution is 2.47. The Morgan fingerprint density at radius 2 is 1.86 bits per heavy atom. The van der Waals surface area contributed by atoms with Crippen molar-refractivity contribution in [2.45, 2.75) is 96.4 Å². The van der Waals surface area contributed by atoms with Crippen molar-refractivity contribution in [1.82, 2.24) is 19.9 Å². The van der Waals surface area contributed by atoms with Crippen molar-refractivity contribution in [3.8, 4) is 23.2 Å². The van der Waals surface area contributed by atoms with Gasteiger partial charge in [-0.15, -0.1) is 0 Å². The molecule has 0 spiro atoms. The molecule has 1 saturated heterocycles. The maximum atomic E-state index is 13.6. The molecule has 49 heavy (non-hydrogen) atoms. The average Bonchev–Trinajstić information content (AvgIpc) is 3.35. The van der Waals surface area contributed by atoms with E-state index in [4.69, 9.17) is 23.6 Å². The lowest BCUT2D eigenvalue weighted by Gasteiger charge is -2.39. The van der Waals surface area contributed by atoms with Crippen molar-refractivity contribution < 1.29 is 23.4 Å². The number of carbonyl (C=O) groups is 1. The van der Waals surface area contributed by atoms with Crippen LogP contribution in [0.25, 0.3) is 11.3 Å². The standard InChI is InChI=1S/C36H49N7O5Si/c1-34(2,3)48-33(44)43-21-36(7,22-47-49(9,10)35(4,5)6)26-18-24(17-25(19-37)29(26)43)27-11-14-38-32(40-27)41-28-20-39-30(42-31(28)45-8)23-12-15-46-16-13-23/h11,14,17-18,20,23H,12-13,15-16,21-22H2,1-10H3,(H,38,40,41)/t36-/m1/s1. The van der Waals surface area contributed by atoms with Crippen molar-refractivity contribution in [2.75, 3.05) is 43.7 Å². The second-order valence-corrected chi connectivity index (χ2v) is 20.4. The molecule has 2 aliphatic rings. The molecule has 2 aromatic heterocycles. The summed E-state index contributed by atoms with van der Waals surface area (Å²) in [5.41, 5.74) is 2.24. The summed E-state index contributed by atoms with van der Waals surface area (Å²) in [6, 6.07) is 7.90. The summed E-state index contributed by atoms with van der Waals surface area (Å²) in [5.74, 6) is 1.66. The lowest BCUT2D eigenvalue weighted by molar-refractivity contribution is 0.0575.